The second kappa shape index (κ2) is 5.68. The molecule has 1 N–H and O–H groups in total. The smallest absolute Gasteiger partial charge is 0.120 e. The summed E-state index contributed by atoms with van der Waals surface area (Å²) < 4.78 is 5.78. The summed E-state index contributed by atoms with van der Waals surface area (Å²) in [4.78, 5) is 0. The molecule has 0 spiro atoms. The molecule has 1 saturated carbocycles. The number of benzene rings is 1. The van der Waals surface area contributed by atoms with E-state index in [0.29, 0.717) is 16.7 Å². The van der Waals surface area contributed by atoms with Crippen molar-refractivity contribution in [3.05, 3.63) is 28.2 Å². The van der Waals surface area contributed by atoms with E-state index in [0.717, 1.165) is 18.3 Å². The third kappa shape index (κ3) is 4.34. The lowest BCUT2D eigenvalue weighted by atomic mass is 9.95. The molecule has 0 saturated heterocycles. The first-order valence-corrected chi connectivity index (χ1v) is 7.03. The normalized spacial score (nSPS) is 15.8. The van der Waals surface area contributed by atoms with Gasteiger partial charge in [0.2, 0.25) is 0 Å². The molecule has 0 bridgehead atoms. The van der Waals surface area contributed by atoms with Crippen LogP contribution in [0.15, 0.2) is 18.2 Å². The van der Waals surface area contributed by atoms with Crippen LogP contribution in [0.3, 0.4) is 0 Å². The highest BCUT2D eigenvalue weighted by Crippen LogP contribution is 2.28. The fourth-order valence-corrected chi connectivity index (χ4v) is 1.89. The minimum atomic E-state index is 0.106. The number of nitrogens with one attached hydrogen (secondary N) is 1. The first-order chi connectivity index (χ1) is 8.46. The van der Waals surface area contributed by atoms with Gasteiger partial charge in [-0.15, -0.1) is 0 Å². The maximum absolute atomic E-state index is 5.95. The molecule has 1 fully saturated rings. The number of ether oxygens (including phenoxy) is 1. The summed E-state index contributed by atoms with van der Waals surface area (Å²) in [7, 11) is 0. The Morgan fingerprint density at radius 3 is 2.61 bits per heavy atom. The van der Waals surface area contributed by atoms with Crippen molar-refractivity contribution in [2.75, 3.05) is 13.2 Å². The molecule has 0 atom stereocenters. The Labute approximate surface area is 119 Å². The van der Waals surface area contributed by atoms with Gasteiger partial charge in [0, 0.05) is 24.1 Å². The summed E-state index contributed by atoms with van der Waals surface area (Å²) in [5.74, 6) is 0.767. The van der Waals surface area contributed by atoms with E-state index in [4.69, 9.17) is 27.9 Å². The maximum Gasteiger partial charge on any atom is 0.120 e. The van der Waals surface area contributed by atoms with Gasteiger partial charge in [-0.1, -0.05) is 37.0 Å². The molecule has 18 heavy (non-hydrogen) atoms. The number of hydrogen-bond donors (Lipinski definition) is 1. The van der Waals surface area contributed by atoms with Gasteiger partial charge in [0.05, 0.1) is 16.7 Å². The highest BCUT2D eigenvalue weighted by atomic mass is 35.5. The second-order valence-corrected chi connectivity index (χ2v) is 6.50. The van der Waals surface area contributed by atoms with E-state index in [1.165, 1.54) is 12.8 Å². The molecule has 2 nitrogen and oxygen atoms in total. The zero-order valence-electron chi connectivity index (χ0n) is 10.8. The number of halogens is 2. The molecule has 0 aliphatic heterocycles. The van der Waals surface area contributed by atoms with Gasteiger partial charge in [-0.3, -0.25) is 0 Å². The average molecular weight is 288 g/mol. The average Bonchev–Trinajstić information content (AvgIpc) is 3.12. The van der Waals surface area contributed by atoms with E-state index in [1.807, 2.05) is 6.07 Å². The molecule has 1 aromatic rings. The lowest BCUT2D eigenvalue weighted by Gasteiger charge is -2.25. The Balaban J connectivity index is 1.82. The van der Waals surface area contributed by atoms with Gasteiger partial charge in [0.1, 0.15) is 5.75 Å². The molecule has 1 aliphatic carbocycles. The van der Waals surface area contributed by atoms with Crippen LogP contribution in [-0.4, -0.2) is 19.2 Å². The van der Waals surface area contributed by atoms with Gasteiger partial charge in [0.15, 0.2) is 0 Å². The van der Waals surface area contributed by atoms with Gasteiger partial charge in [-0.05, 0) is 25.0 Å². The predicted molar refractivity (Wildman–Crippen MR) is 76.8 cm³/mol. The fourth-order valence-electron chi connectivity index (χ4n) is 1.60. The molecule has 0 amide bonds. The summed E-state index contributed by atoms with van der Waals surface area (Å²) in [6.45, 7) is 6.02. The predicted octanol–water partition coefficient (Wildman–Crippen LogP) is 4.15. The minimum Gasteiger partial charge on any atom is -0.493 e. The van der Waals surface area contributed by atoms with Crippen molar-refractivity contribution < 1.29 is 4.74 Å². The van der Waals surface area contributed by atoms with Crippen molar-refractivity contribution in [3.8, 4) is 5.75 Å². The SMILES string of the molecule is CC(C)(CNC1CC1)COc1ccc(Cl)c(Cl)c1. The molecular weight excluding hydrogens is 269 g/mol. The highest BCUT2D eigenvalue weighted by Gasteiger charge is 2.25. The van der Waals surface area contributed by atoms with Crippen molar-refractivity contribution in [3.63, 3.8) is 0 Å². The van der Waals surface area contributed by atoms with E-state index in [-0.39, 0.29) is 5.41 Å². The first kappa shape index (κ1) is 14.0. The summed E-state index contributed by atoms with van der Waals surface area (Å²) in [5.41, 5.74) is 0.106. The Hall–Kier alpha value is -0.440. The lowest BCUT2D eigenvalue weighted by molar-refractivity contribution is 0.176. The molecule has 0 unspecified atom stereocenters. The Morgan fingerprint density at radius 1 is 1.28 bits per heavy atom. The molecule has 1 aromatic carbocycles. The molecule has 1 aliphatic rings. The van der Waals surface area contributed by atoms with Crippen LogP contribution in [0.1, 0.15) is 26.7 Å². The molecule has 0 radical (unpaired) electrons. The Kier molecular flexibility index (Phi) is 4.41. The second-order valence-electron chi connectivity index (χ2n) is 5.68. The van der Waals surface area contributed by atoms with Crippen molar-refractivity contribution in [2.24, 2.45) is 5.41 Å². The Morgan fingerprint density at radius 2 is 2.00 bits per heavy atom. The summed E-state index contributed by atoms with van der Waals surface area (Å²) >= 11 is 11.8. The molecule has 0 heterocycles. The van der Waals surface area contributed by atoms with Gasteiger partial charge < -0.3 is 10.1 Å². The van der Waals surface area contributed by atoms with Crippen LogP contribution in [0, 0.1) is 5.41 Å². The van der Waals surface area contributed by atoms with Gasteiger partial charge >= 0.3 is 0 Å². The van der Waals surface area contributed by atoms with Crippen LogP contribution in [0.2, 0.25) is 10.0 Å². The highest BCUT2D eigenvalue weighted by molar-refractivity contribution is 6.42. The van der Waals surface area contributed by atoms with Gasteiger partial charge in [0.25, 0.3) is 0 Å². The van der Waals surface area contributed by atoms with Crippen LogP contribution in [0.4, 0.5) is 0 Å². The van der Waals surface area contributed by atoms with Crippen LogP contribution in [-0.2, 0) is 0 Å². The van der Waals surface area contributed by atoms with Crippen LogP contribution in [0.25, 0.3) is 0 Å². The zero-order chi connectivity index (χ0) is 13.2. The topological polar surface area (TPSA) is 21.3 Å². The van der Waals surface area contributed by atoms with E-state index < -0.39 is 0 Å². The fraction of sp³-hybridized carbons (Fsp3) is 0.571. The van der Waals surface area contributed by atoms with E-state index in [9.17, 15) is 0 Å². The molecule has 0 aromatic heterocycles. The first-order valence-electron chi connectivity index (χ1n) is 6.27. The summed E-state index contributed by atoms with van der Waals surface area (Å²) in [5, 5.41) is 4.61. The third-order valence-corrected chi connectivity index (χ3v) is 3.71. The van der Waals surface area contributed by atoms with Crippen molar-refractivity contribution in [2.45, 2.75) is 32.7 Å². The monoisotopic (exact) mass is 287 g/mol. The molecule has 2 rings (SSSR count). The van der Waals surface area contributed by atoms with E-state index in [2.05, 4.69) is 19.2 Å². The van der Waals surface area contributed by atoms with Crippen molar-refractivity contribution in [1.29, 1.82) is 0 Å². The van der Waals surface area contributed by atoms with E-state index in [1.54, 1.807) is 12.1 Å². The molecular formula is C14H19Cl2NO. The maximum atomic E-state index is 5.95. The van der Waals surface area contributed by atoms with E-state index >= 15 is 0 Å². The van der Waals surface area contributed by atoms with Crippen LogP contribution >= 0.6 is 23.2 Å². The molecule has 4 heteroatoms. The van der Waals surface area contributed by atoms with Gasteiger partial charge in [-0.2, -0.15) is 0 Å². The largest absolute Gasteiger partial charge is 0.493 e. The van der Waals surface area contributed by atoms with Crippen molar-refractivity contribution in [1.82, 2.24) is 5.32 Å². The lowest BCUT2D eigenvalue weighted by Crippen LogP contribution is -2.35. The standard InChI is InChI=1S/C14H19Cl2NO/c1-14(2,8-17-10-3-4-10)9-18-11-5-6-12(15)13(16)7-11/h5-7,10,17H,3-4,8-9H2,1-2H3. The van der Waals surface area contributed by atoms with Crippen LogP contribution in [0.5, 0.6) is 5.75 Å². The number of hydrogen-bond acceptors (Lipinski definition) is 2. The minimum absolute atomic E-state index is 0.106. The Bertz CT molecular complexity index is 416. The summed E-state index contributed by atoms with van der Waals surface area (Å²) in [6, 6.07) is 6.09. The quantitative estimate of drug-likeness (QED) is 0.849. The third-order valence-electron chi connectivity index (χ3n) is 2.97. The van der Waals surface area contributed by atoms with Crippen LogP contribution < -0.4 is 10.1 Å². The molecule has 100 valence electrons. The van der Waals surface area contributed by atoms with Gasteiger partial charge in [-0.25, -0.2) is 0 Å². The zero-order valence-corrected chi connectivity index (χ0v) is 12.3. The van der Waals surface area contributed by atoms with Crippen molar-refractivity contribution >= 4 is 23.2 Å². The number of rotatable bonds is 6. The summed E-state index contributed by atoms with van der Waals surface area (Å²) in [6.07, 6.45) is 2.62.